The predicted molar refractivity (Wildman–Crippen MR) is 99.8 cm³/mol. The summed E-state index contributed by atoms with van der Waals surface area (Å²) >= 11 is 0. The molecular formula is C19H15F3N4O2S. The van der Waals surface area contributed by atoms with Gasteiger partial charge in [0.15, 0.2) is 5.69 Å². The Morgan fingerprint density at radius 3 is 2.24 bits per heavy atom. The first-order chi connectivity index (χ1) is 13.6. The molecule has 0 atom stereocenters. The van der Waals surface area contributed by atoms with Crippen molar-refractivity contribution in [1.29, 1.82) is 5.26 Å². The Morgan fingerprint density at radius 1 is 1.10 bits per heavy atom. The smallest absolute Gasteiger partial charge is 0.245 e. The van der Waals surface area contributed by atoms with Gasteiger partial charge in [0.25, 0.3) is 0 Å². The normalized spacial score (nSPS) is 12.0. The van der Waals surface area contributed by atoms with E-state index < -0.39 is 28.4 Å². The molecule has 0 bridgehead atoms. The standard InChI is InChI=1S/C19H15F3N4O2S/c1-12-6-2-3-7-13(12)16-17(14-8-4-5-9-15(14)29(24,27)28)25-26(11-10-23)18(16)19(20,21)22/h2-9H,11H2,1H3,(H2,24,27,28). The molecule has 0 amide bonds. The van der Waals surface area contributed by atoms with Crippen LogP contribution >= 0.6 is 0 Å². The number of halogens is 3. The van der Waals surface area contributed by atoms with Crippen molar-refractivity contribution in [2.45, 2.75) is 24.5 Å². The molecule has 3 rings (SSSR count). The summed E-state index contributed by atoms with van der Waals surface area (Å²) in [5.41, 5.74) is -0.969. The molecular weight excluding hydrogens is 405 g/mol. The van der Waals surface area contributed by atoms with Crippen LogP contribution in [0.15, 0.2) is 53.4 Å². The molecule has 10 heteroatoms. The molecule has 2 aromatic carbocycles. The van der Waals surface area contributed by atoms with Gasteiger partial charge in [-0.3, -0.25) is 0 Å². The summed E-state index contributed by atoms with van der Waals surface area (Å²) in [6.45, 7) is 0.970. The molecule has 0 aliphatic rings. The van der Waals surface area contributed by atoms with Gasteiger partial charge in [0.1, 0.15) is 12.2 Å². The highest BCUT2D eigenvalue weighted by atomic mass is 32.2. The number of nitrogens with zero attached hydrogens (tertiary/aromatic N) is 3. The van der Waals surface area contributed by atoms with E-state index in [0.717, 1.165) is 0 Å². The molecule has 3 aromatic rings. The lowest BCUT2D eigenvalue weighted by molar-refractivity contribution is -0.143. The molecule has 150 valence electrons. The SMILES string of the molecule is Cc1ccccc1-c1c(-c2ccccc2S(N)(=O)=O)nn(CC#N)c1C(F)(F)F. The molecule has 0 spiro atoms. The quantitative estimate of drug-likeness (QED) is 0.695. The third-order valence-electron chi connectivity index (χ3n) is 4.30. The summed E-state index contributed by atoms with van der Waals surface area (Å²) in [5, 5.41) is 18.2. The van der Waals surface area contributed by atoms with Crippen molar-refractivity contribution in [2.24, 2.45) is 5.14 Å². The van der Waals surface area contributed by atoms with E-state index in [2.05, 4.69) is 5.10 Å². The average molecular weight is 420 g/mol. The molecule has 0 saturated heterocycles. The molecule has 0 radical (unpaired) electrons. The molecule has 0 saturated carbocycles. The van der Waals surface area contributed by atoms with Crippen LogP contribution in [0.1, 0.15) is 11.3 Å². The number of hydrogen-bond acceptors (Lipinski definition) is 4. The fourth-order valence-corrected chi connectivity index (χ4v) is 3.88. The van der Waals surface area contributed by atoms with Gasteiger partial charge in [0, 0.05) is 11.1 Å². The van der Waals surface area contributed by atoms with Gasteiger partial charge < -0.3 is 0 Å². The van der Waals surface area contributed by atoms with Crippen molar-refractivity contribution in [2.75, 3.05) is 0 Å². The van der Waals surface area contributed by atoms with E-state index in [0.29, 0.717) is 10.2 Å². The Balaban J connectivity index is 2.51. The number of primary sulfonamides is 1. The Bertz CT molecular complexity index is 1220. The van der Waals surface area contributed by atoms with Gasteiger partial charge in [-0.25, -0.2) is 18.2 Å². The highest BCUT2D eigenvalue weighted by molar-refractivity contribution is 7.89. The second-order valence-electron chi connectivity index (χ2n) is 6.24. The number of aromatic nitrogens is 2. The summed E-state index contributed by atoms with van der Waals surface area (Å²) in [5.74, 6) is 0. The van der Waals surface area contributed by atoms with Crippen molar-refractivity contribution in [1.82, 2.24) is 9.78 Å². The van der Waals surface area contributed by atoms with Crippen molar-refractivity contribution in [3.63, 3.8) is 0 Å². The first-order valence-electron chi connectivity index (χ1n) is 8.29. The third kappa shape index (κ3) is 3.87. The van der Waals surface area contributed by atoms with Crippen LogP contribution in [0.2, 0.25) is 0 Å². The van der Waals surface area contributed by atoms with Crippen molar-refractivity contribution in [3.05, 3.63) is 59.8 Å². The molecule has 1 aromatic heterocycles. The fourth-order valence-electron chi connectivity index (χ4n) is 3.14. The number of hydrogen-bond donors (Lipinski definition) is 1. The average Bonchev–Trinajstić information content (AvgIpc) is 3.01. The number of sulfonamides is 1. The molecule has 0 unspecified atom stereocenters. The number of rotatable bonds is 4. The lowest BCUT2D eigenvalue weighted by Crippen LogP contribution is -2.15. The molecule has 0 aliphatic heterocycles. The summed E-state index contributed by atoms with van der Waals surface area (Å²) < 4.78 is 66.6. The largest absolute Gasteiger partial charge is 0.433 e. The molecule has 1 heterocycles. The fraction of sp³-hybridized carbons (Fsp3) is 0.158. The maximum atomic E-state index is 14.0. The van der Waals surface area contributed by atoms with Crippen LogP contribution in [-0.4, -0.2) is 18.2 Å². The zero-order valence-electron chi connectivity index (χ0n) is 15.1. The van der Waals surface area contributed by atoms with Crippen LogP contribution in [-0.2, 0) is 22.7 Å². The minimum atomic E-state index is -4.84. The molecule has 6 nitrogen and oxygen atoms in total. The Hall–Kier alpha value is -3.16. The summed E-state index contributed by atoms with van der Waals surface area (Å²) in [7, 11) is -4.24. The van der Waals surface area contributed by atoms with Gasteiger partial charge in [-0.05, 0) is 24.1 Å². The number of nitrogens with two attached hydrogens (primary N) is 1. The third-order valence-corrected chi connectivity index (χ3v) is 5.27. The van der Waals surface area contributed by atoms with Crippen LogP contribution in [0.5, 0.6) is 0 Å². The zero-order chi connectivity index (χ0) is 21.4. The van der Waals surface area contributed by atoms with Crippen molar-refractivity contribution >= 4 is 10.0 Å². The van der Waals surface area contributed by atoms with Crippen molar-refractivity contribution in [3.8, 4) is 28.5 Å². The Kier molecular flexibility index (Phi) is 5.21. The molecule has 29 heavy (non-hydrogen) atoms. The second-order valence-corrected chi connectivity index (χ2v) is 7.77. The zero-order valence-corrected chi connectivity index (χ0v) is 15.9. The first-order valence-corrected chi connectivity index (χ1v) is 9.83. The van der Waals surface area contributed by atoms with E-state index >= 15 is 0 Å². The van der Waals surface area contributed by atoms with Crippen LogP contribution in [0.3, 0.4) is 0 Å². The first kappa shape index (κ1) is 20.6. The summed E-state index contributed by atoms with van der Waals surface area (Å²) in [6.07, 6.45) is -4.84. The number of benzene rings is 2. The summed E-state index contributed by atoms with van der Waals surface area (Å²) in [4.78, 5) is -0.356. The van der Waals surface area contributed by atoms with Crippen molar-refractivity contribution < 1.29 is 21.6 Å². The predicted octanol–water partition coefficient (Wildman–Crippen LogP) is 3.72. The van der Waals surface area contributed by atoms with Gasteiger partial charge in [0.05, 0.1) is 11.0 Å². The van der Waals surface area contributed by atoms with Gasteiger partial charge in [-0.1, -0.05) is 42.5 Å². The van der Waals surface area contributed by atoms with E-state index in [1.54, 1.807) is 31.2 Å². The monoisotopic (exact) mass is 420 g/mol. The van der Waals surface area contributed by atoms with E-state index in [4.69, 9.17) is 10.4 Å². The topological polar surface area (TPSA) is 102 Å². The highest BCUT2D eigenvalue weighted by Crippen LogP contribution is 2.44. The minimum absolute atomic E-state index is 0.0737. The maximum Gasteiger partial charge on any atom is 0.433 e. The highest BCUT2D eigenvalue weighted by Gasteiger charge is 2.41. The van der Waals surface area contributed by atoms with E-state index in [9.17, 15) is 21.6 Å². The summed E-state index contributed by atoms with van der Waals surface area (Å²) in [6, 6.07) is 13.4. The van der Waals surface area contributed by atoms with Gasteiger partial charge in [-0.15, -0.1) is 0 Å². The van der Waals surface area contributed by atoms with E-state index in [1.807, 2.05) is 0 Å². The Morgan fingerprint density at radius 2 is 1.69 bits per heavy atom. The number of aryl methyl sites for hydroxylation is 1. The van der Waals surface area contributed by atoms with E-state index in [1.165, 1.54) is 30.3 Å². The lowest BCUT2D eigenvalue weighted by atomic mass is 9.95. The van der Waals surface area contributed by atoms with Crippen LogP contribution in [0.4, 0.5) is 13.2 Å². The van der Waals surface area contributed by atoms with Crippen LogP contribution in [0.25, 0.3) is 22.4 Å². The van der Waals surface area contributed by atoms with Crippen LogP contribution < -0.4 is 5.14 Å². The molecule has 0 aliphatic carbocycles. The Labute approximate surface area is 165 Å². The lowest BCUT2D eigenvalue weighted by Gasteiger charge is -2.14. The number of nitriles is 1. The minimum Gasteiger partial charge on any atom is -0.245 e. The molecule has 0 fully saturated rings. The molecule has 2 N–H and O–H groups in total. The van der Waals surface area contributed by atoms with Crippen LogP contribution in [0, 0.1) is 18.3 Å². The van der Waals surface area contributed by atoms with E-state index in [-0.39, 0.29) is 27.3 Å². The van der Waals surface area contributed by atoms with Gasteiger partial charge >= 0.3 is 6.18 Å². The maximum absolute atomic E-state index is 14.0. The second kappa shape index (κ2) is 7.35. The van der Waals surface area contributed by atoms with Gasteiger partial charge in [-0.2, -0.15) is 23.5 Å². The van der Waals surface area contributed by atoms with Gasteiger partial charge in [0.2, 0.25) is 10.0 Å². The number of alkyl halides is 3.